The average molecular weight is 395 g/mol. The highest BCUT2D eigenvalue weighted by Crippen LogP contribution is 2.35. The zero-order valence-electron chi connectivity index (χ0n) is 15.6. The van der Waals surface area contributed by atoms with Crippen LogP contribution in [0.5, 0.6) is 0 Å². The lowest BCUT2D eigenvalue weighted by atomic mass is 9.74. The van der Waals surface area contributed by atoms with E-state index in [1.165, 1.54) is 0 Å². The summed E-state index contributed by atoms with van der Waals surface area (Å²) in [6.07, 6.45) is 2.23. The van der Waals surface area contributed by atoms with Crippen molar-refractivity contribution in [3.8, 4) is 0 Å². The van der Waals surface area contributed by atoms with E-state index in [0.717, 1.165) is 18.4 Å². The molecule has 0 saturated carbocycles. The van der Waals surface area contributed by atoms with Crippen LogP contribution in [-0.4, -0.2) is 54.9 Å². The first-order chi connectivity index (χ1) is 12.9. The van der Waals surface area contributed by atoms with Gasteiger partial charge in [-0.25, -0.2) is 4.79 Å². The molecule has 2 N–H and O–H groups in total. The molecule has 2 aliphatic heterocycles. The van der Waals surface area contributed by atoms with Crippen LogP contribution in [0.4, 0.5) is 4.79 Å². The van der Waals surface area contributed by atoms with E-state index >= 15 is 0 Å². The van der Waals surface area contributed by atoms with Gasteiger partial charge in [0.15, 0.2) is 0 Å². The lowest BCUT2D eigenvalue weighted by Crippen LogP contribution is -2.52. The van der Waals surface area contributed by atoms with Crippen LogP contribution in [0.15, 0.2) is 24.3 Å². The van der Waals surface area contributed by atoms with Crippen LogP contribution in [0.2, 0.25) is 5.02 Å². The number of piperidine rings is 1. The van der Waals surface area contributed by atoms with Crippen molar-refractivity contribution >= 4 is 23.6 Å². The summed E-state index contributed by atoms with van der Waals surface area (Å²) in [5.41, 5.74) is 0.890. The second-order valence-corrected chi connectivity index (χ2v) is 8.28. The van der Waals surface area contributed by atoms with E-state index in [0.29, 0.717) is 37.7 Å². The van der Waals surface area contributed by atoms with Gasteiger partial charge in [0.05, 0.1) is 5.92 Å². The van der Waals surface area contributed by atoms with Crippen molar-refractivity contribution in [3.63, 3.8) is 0 Å². The summed E-state index contributed by atoms with van der Waals surface area (Å²) in [7, 11) is 0. The first kappa shape index (κ1) is 20.0. The topological polar surface area (TPSA) is 78.9 Å². The minimum Gasteiger partial charge on any atom is -0.481 e. The SMILES string of the molecule is CC1CC(C(=O)O)CN(C(=O)NCC2(c3cccc(Cl)c3)CCOCC2)C1. The number of carbonyl (C=O) groups is 2. The highest BCUT2D eigenvalue weighted by atomic mass is 35.5. The molecule has 1 aromatic carbocycles. The molecule has 1 aromatic rings. The smallest absolute Gasteiger partial charge is 0.317 e. The molecule has 2 heterocycles. The van der Waals surface area contributed by atoms with Gasteiger partial charge in [-0.05, 0) is 42.9 Å². The van der Waals surface area contributed by atoms with Crippen molar-refractivity contribution in [1.29, 1.82) is 0 Å². The van der Waals surface area contributed by atoms with Gasteiger partial charge in [-0.15, -0.1) is 0 Å². The van der Waals surface area contributed by atoms with Crippen LogP contribution in [0.3, 0.4) is 0 Å². The molecule has 0 aromatic heterocycles. The third-order valence-electron chi connectivity index (χ3n) is 5.76. The maximum Gasteiger partial charge on any atom is 0.317 e. The van der Waals surface area contributed by atoms with E-state index < -0.39 is 11.9 Å². The molecule has 27 heavy (non-hydrogen) atoms. The van der Waals surface area contributed by atoms with Gasteiger partial charge in [0.25, 0.3) is 0 Å². The molecule has 7 heteroatoms. The molecule has 2 aliphatic rings. The van der Waals surface area contributed by atoms with Crippen LogP contribution in [0, 0.1) is 11.8 Å². The molecule has 0 spiro atoms. The molecule has 3 rings (SSSR count). The standard InChI is InChI=1S/C20H27ClN2O4/c1-14-9-15(18(24)25)12-23(11-14)19(26)22-13-20(5-7-27-8-6-20)16-3-2-4-17(21)10-16/h2-4,10,14-15H,5-9,11-13H2,1H3,(H,22,26)(H,24,25). The number of ether oxygens (including phenoxy) is 1. The highest BCUT2D eigenvalue weighted by molar-refractivity contribution is 6.30. The molecule has 2 amide bonds. The van der Waals surface area contributed by atoms with Gasteiger partial charge in [-0.1, -0.05) is 30.7 Å². The number of carbonyl (C=O) groups excluding carboxylic acids is 1. The van der Waals surface area contributed by atoms with Crippen molar-refractivity contribution in [1.82, 2.24) is 10.2 Å². The molecule has 0 radical (unpaired) electrons. The Labute approximate surface area is 164 Å². The van der Waals surface area contributed by atoms with Crippen molar-refractivity contribution in [2.45, 2.75) is 31.6 Å². The predicted octanol–water partition coefficient (Wildman–Crippen LogP) is 3.14. The lowest BCUT2D eigenvalue weighted by Gasteiger charge is -2.39. The van der Waals surface area contributed by atoms with Crippen LogP contribution in [0.25, 0.3) is 0 Å². The summed E-state index contributed by atoms with van der Waals surface area (Å²) < 4.78 is 5.53. The third-order valence-corrected chi connectivity index (χ3v) is 6.00. The Balaban J connectivity index is 1.70. The van der Waals surface area contributed by atoms with Gasteiger partial charge in [-0.3, -0.25) is 4.79 Å². The molecule has 0 aliphatic carbocycles. The van der Waals surface area contributed by atoms with Crippen molar-refractivity contribution in [3.05, 3.63) is 34.9 Å². The Bertz CT molecular complexity index is 690. The monoisotopic (exact) mass is 394 g/mol. The fraction of sp³-hybridized carbons (Fsp3) is 0.600. The quantitative estimate of drug-likeness (QED) is 0.822. The Morgan fingerprint density at radius 2 is 2.07 bits per heavy atom. The lowest BCUT2D eigenvalue weighted by molar-refractivity contribution is -0.143. The average Bonchev–Trinajstić information content (AvgIpc) is 2.66. The summed E-state index contributed by atoms with van der Waals surface area (Å²) in [6.45, 7) is 4.61. The number of hydrogen-bond acceptors (Lipinski definition) is 3. The first-order valence-corrected chi connectivity index (χ1v) is 9.87. The number of hydrogen-bond donors (Lipinski definition) is 2. The van der Waals surface area contributed by atoms with Gasteiger partial charge < -0.3 is 20.1 Å². The molecule has 2 unspecified atom stereocenters. The third kappa shape index (κ3) is 4.74. The Kier molecular flexibility index (Phi) is 6.27. The maximum absolute atomic E-state index is 12.8. The van der Waals surface area contributed by atoms with Crippen LogP contribution in [0.1, 0.15) is 31.7 Å². The number of rotatable bonds is 4. The van der Waals surface area contributed by atoms with Crippen LogP contribution in [-0.2, 0) is 14.9 Å². The number of carboxylic acids is 1. The molecular formula is C20H27ClN2O4. The molecular weight excluding hydrogens is 368 g/mol. The van der Waals surface area contributed by atoms with E-state index in [1.807, 2.05) is 31.2 Å². The second-order valence-electron chi connectivity index (χ2n) is 7.84. The Hall–Kier alpha value is -1.79. The Morgan fingerprint density at radius 3 is 2.74 bits per heavy atom. The van der Waals surface area contributed by atoms with Crippen LogP contribution >= 0.6 is 11.6 Å². The minimum atomic E-state index is -0.834. The molecule has 0 bridgehead atoms. The predicted molar refractivity (Wildman–Crippen MR) is 103 cm³/mol. The maximum atomic E-state index is 12.8. The fourth-order valence-electron chi connectivity index (χ4n) is 4.20. The molecule has 148 valence electrons. The van der Waals surface area contributed by atoms with Gasteiger partial charge >= 0.3 is 12.0 Å². The summed E-state index contributed by atoms with van der Waals surface area (Å²) >= 11 is 6.19. The molecule has 2 fully saturated rings. The number of amides is 2. The number of aliphatic carboxylic acids is 1. The number of urea groups is 1. The van der Waals surface area contributed by atoms with E-state index in [4.69, 9.17) is 16.3 Å². The molecule has 2 saturated heterocycles. The zero-order chi connectivity index (χ0) is 19.4. The number of nitrogens with one attached hydrogen (secondary N) is 1. The summed E-state index contributed by atoms with van der Waals surface area (Å²) in [5.74, 6) is -1.15. The van der Waals surface area contributed by atoms with Crippen molar-refractivity contribution in [2.24, 2.45) is 11.8 Å². The van der Waals surface area contributed by atoms with Crippen LogP contribution < -0.4 is 5.32 Å². The number of halogens is 1. The highest BCUT2D eigenvalue weighted by Gasteiger charge is 2.37. The second kappa shape index (κ2) is 8.48. The molecule has 6 nitrogen and oxygen atoms in total. The van der Waals surface area contributed by atoms with E-state index in [2.05, 4.69) is 5.32 Å². The Morgan fingerprint density at radius 1 is 1.33 bits per heavy atom. The number of nitrogens with zero attached hydrogens (tertiary/aromatic N) is 1. The van der Waals surface area contributed by atoms with E-state index in [-0.39, 0.29) is 23.9 Å². The van der Waals surface area contributed by atoms with E-state index in [9.17, 15) is 14.7 Å². The fourth-order valence-corrected chi connectivity index (χ4v) is 4.39. The molecule has 2 atom stereocenters. The number of benzene rings is 1. The summed E-state index contributed by atoms with van der Waals surface area (Å²) in [6, 6.07) is 7.59. The zero-order valence-corrected chi connectivity index (χ0v) is 16.4. The van der Waals surface area contributed by atoms with Crippen molar-refractivity contribution < 1.29 is 19.4 Å². The van der Waals surface area contributed by atoms with Gasteiger partial charge in [0.1, 0.15) is 0 Å². The number of likely N-dealkylation sites (tertiary alicyclic amines) is 1. The van der Waals surface area contributed by atoms with Gasteiger partial charge in [-0.2, -0.15) is 0 Å². The minimum absolute atomic E-state index is 0.176. The van der Waals surface area contributed by atoms with Gasteiger partial charge in [0, 0.05) is 43.3 Å². The summed E-state index contributed by atoms with van der Waals surface area (Å²) in [5, 5.41) is 13.1. The van der Waals surface area contributed by atoms with Crippen molar-refractivity contribution in [2.75, 3.05) is 32.8 Å². The van der Waals surface area contributed by atoms with Gasteiger partial charge in [0.2, 0.25) is 0 Å². The summed E-state index contributed by atoms with van der Waals surface area (Å²) in [4.78, 5) is 25.8. The largest absolute Gasteiger partial charge is 0.481 e. The van der Waals surface area contributed by atoms with E-state index in [1.54, 1.807) is 4.90 Å². The number of carboxylic acid groups (broad SMARTS) is 1. The normalized spacial score (nSPS) is 25.0. The first-order valence-electron chi connectivity index (χ1n) is 9.49.